The van der Waals surface area contributed by atoms with Gasteiger partial charge in [0.15, 0.2) is 5.78 Å². The van der Waals surface area contributed by atoms with Gasteiger partial charge in [-0.25, -0.2) is 14.1 Å². The minimum absolute atomic E-state index is 0.0284. The maximum Gasteiger partial charge on any atom is 0.242 e. The molecule has 1 aromatic heterocycles. The molecule has 0 fully saturated rings. The van der Waals surface area contributed by atoms with Crippen molar-refractivity contribution in [2.75, 3.05) is 6.61 Å². The van der Waals surface area contributed by atoms with Crippen LogP contribution in [0, 0.1) is 19.7 Å². The molecule has 0 saturated carbocycles. The van der Waals surface area contributed by atoms with Gasteiger partial charge in [0.2, 0.25) is 5.91 Å². The molecule has 0 unspecified atom stereocenters. The molecule has 0 bridgehead atoms. The molecule has 0 saturated heterocycles. The van der Waals surface area contributed by atoms with E-state index < -0.39 is 6.04 Å². The number of Topliss-reactive ketones (excluding diaryl/α,β-unsaturated/α-hetero) is 1. The van der Waals surface area contributed by atoms with Crippen LogP contribution in [0.3, 0.4) is 0 Å². The zero-order valence-corrected chi connectivity index (χ0v) is 21.3. The van der Waals surface area contributed by atoms with Crippen LogP contribution in [-0.2, 0) is 33.9 Å². The number of amides is 1. The summed E-state index contributed by atoms with van der Waals surface area (Å²) >= 11 is 0. The Bertz CT molecular complexity index is 1360. The summed E-state index contributed by atoms with van der Waals surface area (Å²) in [6, 6.07) is 21.5. The quantitative estimate of drug-likeness (QED) is 0.301. The average molecular weight is 517 g/mol. The highest BCUT2D eigenvalue weighted by atomic mass is 19.1. The lowest BCUT2D eigenvalue weighted by atomic mass is 10.0. The van der Waals surface area contributed by atoms with E-state index in [-0.39, 0.29) is 37.1 Å². The fraction of sp³-hybridized carbons (Fsp3) is 0.241. The second kappa shape index (κ2) is 12.7. The summed E-state index contributed by atoms with van der Waals surface area (Å²) in [6.07, 6.45) is 0.0952. The van der Waals surface area contributed by atoms with E-state index in [1.165, 1.54) is 28.9 Å². The molecule has 0 aliphatic heterocycles. The monoisotopic (exact) mass is 516 g/mol. The van der Waals surface area contributed by atoms with Crippen LogP contribution >= 0.6 is 0 Å². The molecule has 1 amide bonds. The van der Waals surface area contributed by atoms with Crippen molar-refractivity contribution in [2.45, 2.75) is 39.5 Å². The Labute approximate surface area is 220 Å². The Hall–Kier alpha value is -4.37. The number of aryl methyl sites for hydroxylation is 2. The van der Waals surface area contributed by atoms with Gasteiger partial charge in [0.1, 0.15) is 41.6 Å². The molecule has 0 aliphatic rings. The third-order valence-corrected chi connectivity index (χ3v) is 5.73. The zero-order chi connectivity index (χ0) is 26.9. The van der Waals surface area contributed by atoms with Gasteiger partial charge in [0.05, 0.1) is 13.2 Å². The van der Waals surface area contributed by atoms with Crippen LogP contribution in [0.25, 0.3) is 0 Å². The van der Waals surface area contributed by atoms with Crippen molar-refractivity contribution in [3.05, 3.63) is 107 Å². The van der Waals surface area contributed by atoms with Crippen molar-refractivity contribution in [2.24, 2.45) is 0 Å². The van der Waals surface area contributed by atoms with Gasteiger partial charge >= 0.3 is 0 Å². The number of hydrogen-bond acceptors (Lipinski definition) is 6. The molecular formula is C29H29FN4O4. The molecule has 0 aliphatic carbocycles. The summed E-state index contributed by atoms with van der Waals surface area (Å²) in [5.41, 5.74) is 1.72. The predicted octanol–water partition coefficient (Wildman–Crippen LogP) is 4.34. The largest absolute Gasteiger partial charge is 0.457 e. The highest BCUT2D eigenvalue weighted by Crippen LogP contribution is 2.22. The minimum Gasteiger partial charge on any atom is -0.457 e. The number of ether oxygens (including phenoxy) is 2. The number of nitrogens with one attached hydrogen (secondary N) is 1. The number of aromatic nitrogens is 3. The second-order valence-corrected chi connectivity index (χ2v) is 8.83. The van der Waals surface area contributed by atoms with E-state index in [2.05, 4.69) is 15.4 Å². The van der Waals surface area contributed by atoms with E-state index in [1.54, 1.807) is 38.1 Å². The molecule has 4 aromatic rings. The van der Waals surface area contributed by atoms with E-state index in [4.69, 9.17) is 9.47 Å². The molecule has 1 atom stereocenters. The lowest BCUT2D eigenvalue weighted by Gasteiger charge is -2.18. The number of hydrogen-bond donors (Lipinski definition) is 1. The van der Waals surface area contributed by atoms with Gasteiger partial charge in [0, 0.05) is 6.42 Å². The van der Waals surface area contributed by atoms with Crippen molar-refractivity contribution in [1.29, 1.82) is 0 Å². The van der Waals surface area contributed by atoms with Gasteiger partial charge in [-0.3, -0.25) is 9.59 Å². The summed E-state index contributed by atoms with van der Waals surface area (Å²) in [7, 11) is 0. The number of halogens is 1. The van der Waals surface area contributed by atoms with Crippen LogP contribution in [0.1, 0.15) is 22.8 Å². The molecule has 9 heteroatoms. The summed E-state index contributed by atoms with van der Waals surface area (Å²) < 4.78 is 26.1. The summed E-state index contributed by atoms with van der Waals surface area (Å²) in [6.45, 7) is 3.81. The van der Waals surface area contributed by atoms with Crippen LogP contribution in [0.5, 0.6) is 11.5 Å². The van der Waals surface area contributed by atoms with E-state index in [9.17, 15) is 14.0 Å². The number of carbonyl (C=O) groups excluding carboxylic acids is 2. The fourth-order valence-electron chi connectivity index (χ4n) is 3.81. The molecule has 1 heterocycles. The van der Waals surface area contributed by atoms with Gasteiger partial charge in [0.25, 0.3) is 0 Å². The van der Waals surface area contributed by atoms with Crippen molar-refractivity contribution < 1.29 is 23.5 Å². The maximum absolute atomic E-state index is 13.2. The van der Waals surface area contributed by atoms with Crippen LogP contribution in [0.15, 0.2) is 78.9 Å². The summed E-state index contributed by atoms with van der Waals surface area (Å²) in [4.78, 5) is 30.2. The van der Waals surface area contributed by atoms with Crippen molar-refractivity contribution in [3.8, 4) is 11.5 Å². The van der Waals surface area contributed by atoms with Crippen LogP contribution in [0.2, 0.25) is 0 Å². The average Bonchev–Trinajstić information content (AvgIpc) is 3.22. The summed E-state index contributed by atoms with van der Waals surface area (Å²) in [5.74, 6) is 1.36. The van der Waals surface area contributed by atoms with Gasteiger partial charge in [-0.05, 0) is 61.4 Å². The Morgan fingerprint density at radius 1 is 0.921 bits per heavy atom. The molecule has 0 radical (unpaired) electrons. The smallest absolute Gasteiger partial charge is 0.242 e. The molecule has 8 nitrogen and oxygen atoms in total. The van der Waals surface area contributed by atoms with E-state index in [0.717, 1.165) is 11.1 Å². The minimum atomic E-state index is -0.841. The molecular weight excluding hydrogens is 487 g/mol. The molecule has 38 heavy (non-hydrogen) atoms. The normalized spacial score (nSPS) is 11.7. The van der Waals surface area contributed by atoms with Gasteiger partial charge in [-0.2, -0.15) is 5.10 Å². The van der Waals surface area contributed by atoms with Gasteiger partial charge in [-0.1, -0.05) is 42.5 Å². The first-order chi connectivity index (χ1) is 18.4. The second-order valence-electron chi connectivity index (χ2n) is 8.83. The highest BCUT2D eigenvalue weighted by molar-refractivity contribution is 5.90. The maximum atomic E-state index is 13.2. The SMILES string of the molecule is Cc1nc(C)n(CC(=O)N[C@@H](COCc2ccccc2)C(=O)Cc2ccc(Oc3ccc(F)cc3)cc2)n1. The third-order valence-electron chi connectivity index (χ3n) is 5.73. The fourth-order valence-corrected chi connectivity index (χ4v) is 3.81. The first kappa shape index (κ1) is 26.7. The molecule has 4 rings (SSSR count). The van der Waals surface area contributed by atoms with Crippen molar-refractivity contribution in [3.63, 3.8) is 0 Å². The summed E-state index contributed by atoms with van der Waals surface area (Å²) in [5, 5.41) is 7.01. The molecule has 3 aromatic carbocycles. The van der Waals surface area contributed by atoms with Crippen LogP contribution in [0.4, 0.5) is 4.39 Å². The Morgan fingerprint density at radius 3 is 2.21 bits per heavy atom. The first-order valence-electron chi connectivity index (χ1n) is 12.2. The highest BCUT2D eigenvalue weighted by Gasteiger charge is 2.22. The van der Waals surface area contributed by atoms with E-state index >= 15 is 0 Å². The topological polar surface area (TPSA) is 95.3 Å². The number of rotatable bonds is 12. The lowest BCUT2D eigenvalue weighted by molar-refractivity contribution is -0.129. The lowest BCUT2D eigenvalue weighted by Crippen LogP contribution is -2.46. The Kier molecular flexibility index (Phi) is 8.94. The number of nitrogens with zero attached hydrogens (tertiary/aromatic N) is 3. The zero-order valence-electron chi connectivity index (χ0n) is 21.3. The van der Waals surface area contributed by atoms with Crippen LogP contribution < -0.4 is 10.1 Å². The Morgan fingerprint density at radius 2 is 1.58 bits per heavy atom. The van der Waals surface area contributed by atoms with Crippen molar-refractivity contribution in [1.82, 2.24) is 20.1 Å². The van der Waals surface area contributed by atoms with Crippen LogP contribution in [-0.4, -0.2) is 39.1 Å². The van der Waals surface area contributed by atoms with E-state index in [0.29, 0.717) is 29.8 Å². The third kappa shape index (κ3) is 7.81. The number of carbonyl (C=O) groups is 2. The van der Waals surface area contributed by atoms with Gasteiger partial charge < -0.3 is 14.8 Å². The number of ketones is 1. The molecule has 0 spiro atoms. The first-order valence-corrected chi connectivity index (χ1v) is 12.2. The number of benzene rings is 3. The predicted molar refractivity (Wildman–Crippen MR) is 139 cm³/mol. The standard InChI is InChI=1S/C29H29FN4O4/c1-20-31-21(2)34(33-20)17-29(36)32-27(19-37-18-23-6-4-3-5-7-23)28(35)16-22-8-12-25(13-9-22)38-26-14-10-24(30)11-15-26/h3-15,27H,16-19H2,1-2H3,(H,32,36)/t27-/m0/s1. The molecule has 196 valence electrons. The molecule has 1 N–H and O–H groups in total. The van der Waals surface area contributed by atoms with Gasteiger partial charge in [-0.15, -0.1) is 0 Å². The van der Waals surface area contributed by atoms with E-state index in [1.807, 2.05) is 30.3 Å². The Balaban J connectivity index is 1.38. The van der Waals surface area contributed by atoms with Crippen molar-refractivity contribution >= 4 is 11.7 Å².